The number of nitrogens with zero attached hydrogens (tertiary/aromatic N) is 3. The Kier molecular flexibility index (Phi) is 5.89. The summed E-state index contributed by atoms with van der Waals surface area (Å²) in [6.45, 7) is 5.26. The fraction of sp³-hybridized carbons (Fsp3) is 0.400. The lowest BCUT2D eigenvalue weighted by Gasteiger charge is -2.37. The molecule has 4 nitrogen and oxygen atoms in total. The largest absolute Gasteiger partial charge is 0.383 e. The molecule has 162 valence electrons. The summed E-state index contributed by atoms with van der Waals surface area (Å²) in [5.41, 5.74) is 3.96. The molecule has 2 aliphatic rings. The van der Waals surface area contributed by atoms with Gasteiger partial charge in [0.2, 0.25) is 0 Å². The Morgan fingerprint density at radius 2 is 1.68 bits per heavy atom. The predicted octanol–water partition coefficient (Wildman–Crippen LogP) is 4.32. The monoisotopic (exact) mass is 437 g/mol. The van der Waals surface area contributed by atoms with E-state index in [0.29, 0.717) is 12.8 Å². The van der Waals surface area contributed by atoms with Crippen LogP contribution in [0.1, 0.15) is 40.2 Å². The fourth-order valence-electron chi connectivity index (χ4n) is 4.66. The van der Waals surface area contributed by atoms with E-state index in [-0.39, 0.29) is 5.82 Å². The Hall–Kier alpha value is -2.12. The molecule has 0 amide bonds. The van der Waals surface area contributed by atoms with Gasteiger partial charge in [0.1, 0.15) is 16.4 Å². The van der Waals surface area contributed by atoms with E-state index >= 15 is 0 Å². The number of thiazole rings is 1. The average Bonchev–Trinajstić information content (AvgIpc) is 3.26. The van der Waals surface area contributed by atoms with Crippen LogP contribution in [0, 0.1) is 5.82 Å². The van der Waals surface area contributed by atoms with Crippen molar-refractivity contribution < 1.29 is 9.50 Å². The highest BCUT2D eigenvalue weighted by molar-refractivity contribution is 7.09. The molecule has 0 radical (unpaired) electrons. The van der Waals surface area contributed by atoms with Gasteiger partial charge in [-0.1, -0.05) is 36.4 Å². The zero-order valence-corrected chi connectivity index (χ0v) is 18.5. The van der Waals surface area contributed by atoms with Crippen LogP contribution in [-0.4, -0.2) is 39.5 Å². The second-order valence-electron chi connectivity index (χ2n) is 8.79. The summed E-state index contributed by atoms with van der Waals surface area (Å²) in [5.74, 6) is -0.204. The first-order chi connectivity index (χ1) is 15.1. The van der Waals surface area contributed by atoms with Gasteiger partial charge in [0, 0.05) is 38.1 Å². The standard InChI is InChI=1S/C25H28FN3OS/c26-22-7-5-19(6-8-22)15-28-13-10-25(30,11-14-28)23-18-31-24(27-23)17-29-12-9-20-3-1-2-4-21(20)16-29/h1-8,18,30H,9-17H2. The number of rotatable bonds is 5. The molecule has 0 spiro atoms. The Bertz CT molecular complexity index is 1030. The van der Waals surface area contributed by atoms with Crippen molar-refractivity contribution in [3.63, 3.8) is 0 Å². The Morgan fingerprint density at radius 1 is 0.935 bits per heavy atom. The molecule has 31 heavy (non-hydrogen) atoms. The number of benzene rings is 2. The maximum Gasteiger partial charge on any atom is 0.123 e. The molecule has 0 unspecified atom stereocenters. The molecule has 0 saturated carbocycles. The van der Waals surface area contributed by atoms with Crippen LogP contribution in [0.3, 0.4) is 0 Å². The van der Waals surface area contributed by atoms with Crippen molar-refractivity contribution in [1.29, 1.82) is 0 Å². The first-order valence-corrected chi connectivity index (χ1v) is 11.9. The number of likely N-dealkylation sites (tertiary alicyclic amines) is 1. The third kappa shape index (κ3) is 4.72. The summed E-state index contributed by atoms with van der Waals surface area (Å²) in [5, 5.41) is 14.4. The molecule has 1 aromatic heterocycles. The van der Waals surface area contributed by atoms with Crippen LogP contribution in [0.5, 0.6) is 0 Å². The van der Waals surface area contributed by atoms with Gasteiger partial charge >= 0.3 is 0 Å². The summed E-state index contributed by atoms with van der Waals surface area (Å²) in [4.78, 5) is 9.61. The van der Waals surface area contributed by atoms with Gasteiger partial charge in [0.25, 0.3) is 0 Å². The molecule has 3 aromatic rings. The molecule has 1 saturated heterocycles. The number of halogens is 1. The first-order valence-electron chi connectivity index (χ1n) is 11.0. The molecule has 6 heteroatoms. The SMILES string of the molecule is OC1(c2csc(CN3CCc4ccccc4C3)n2)CCN(Cc2ccc(F)cc2)CC1. The van der Waals surface area contributed by atoms with Gasteiger partial charge in [-0.3, -0.25) is 9.80 Å². The van der Waals surface area contributed by atoms with Crippen LogP contribution >= 0.6 is 11.3 Å². The lowest BCUT2D eigenvalue weighted by Crippen LogP contribution is -2.42. The molecular weight excluding hydrogens is 409 g/mol. The fourth-order valence-corrected chi connectivity index (χ4v) is 5.59. The van der Waals surface area contributed by atoms with Crippen LogP contribution in [0.4, 0.5) is 4.39 Å². The van der Waals surface area contributed by atoms with Crippen molar-refractivity contribution in [1.82, 2.24) is 14.8 Å². The maximum absolute atomic E-state index is 13.1. The molecule has 1 N–H and O–H groups in total. The lowest BCUT2D eigenvalue weighted by molar-refractivity contribution is -0.0308. The maximum atomic E-state index is 13.1. The molecular formula is C25H28FN3OS. The quantitative estimate of drug-likeness (QED) is 0.645. The topological polar surface area (TPSA) is 39.6 Å². The van der Waals surface area contributed by atoms with Crippen molar-refractivity contribution in [3.8, 4) is 0 Å². The Balaban J connectivity index is 1.18. The minimum absolute atomic E-state index is 0.204. The van der Waals surface area contributed by atoms with Crippen molar-refractivity contribution >= 4 is 11.3 Å². The predicted molar refractivity (Wildman–Crippen MR) is 121 cm³/mol. The van der Waals surface area contributed by atoms with Crippen molar-refractivity contribution in [2.24, 2.45) is 0 Å². The summed E-state index contributed by atoms with van der Waals surface area (Å²) in [7, 11) is 0. The molecule has 0 aliphatic carbocycles. The van der Waals surface area contributed by atoms with Crippen LogP contribution in [0.25, 0.3) is 0 Å². The summed E-state index contributed by atoms with van der Waals surface area (Å²) >= 11 is 1.66. The van der Waals surface area contributed by atoms with E-state index in [1.807, 2.05) is 17.5 Å². The van der Waals surface area contributed by atoms with Crippen molar-refractivity contribution in [3.05, 3.63) is 87.1 Å². The molecule has 2 aliphatic heterocycles. The third-order valence-electron chi connectivity index (χ3n) is 6.60. The highest BCUT2D eigenvalue weighted by atomic mass is 32.1. The molecule has 3 heterocycles. The molecule has 5 rings (SSSR count). The van der Waals surface area contributed by atoms with E-state index in [1.54, 1.807) is 11.3 Å². The van der Waals surface area contributed by atoms with Crippen LogP contribution in [0.15, 0.2) is 53.9 Å². The van der Waals surface area contributed by atoms with Gasteiger partial charge in [0.05, 0.1) is 12.2 Å². The highest BCUT2D eigenvalue weighted by Gasteiger charge is 2.36. The number of hydrogen-bond acceptors (Lipinski definition) is 5. The van der Waals surface area contributed by atoms with Crippen molar-refractivity contribution in [2.75, 3.05) is 19.6 Å². The van der Waals surface area contributed by atoms with E-state index in [2.05, 4.69) is 34.1 Å². The summed E-state index contributed by atoms with van der Waals surface area (Å²) < 4.78 is 13.1. The first kappa shape index (κ1) is 20.8. The van der Waals surface area contributed by atoms with Crippen LogP contribution < -0.4 is 0 Å². The molecule has 2 aromatic carbocycles. The summed E-state index contributed by atoms with van der Waals surface area (Å²) in [6.07, 6.45) is 2.44. The number of hydrogen-bond donors (Lipinski definition) is 1. The van der Waals surface area contributed by atoms with Gasteiger partial charge in [-0.2, -0.15) is 0 Å². The minimum Gasteiger partial charge on any atom is -0.383 e. The zero-order valence-electron chi connectivity index (χ0n) is 17.6. The van der Waals surface area contributed by atoms with Crippen molar-refractivity contribution in [2.45, 2.75) is 44.5 Å². The van der Waals surface area contributed by atoms with Gasteiger partial charge in [-0.05, 0) is 48.1 Å². The van der Waals surface area contributed by atoms with Gasteiger partial charge in [0.15, 0.2) is 0 Å². The van der Waals surface area contributed by atoms with Gasteiger partial charge in [-0.25, -0.2) is 9.37 Å². The number of fused-ring (bicyclic) bond motifs is 1. The number of piperidine rings is 1. The van der Waals surface area contributed by atoms with Crippen LogP contribution in [-0.2, 0) is 31.7 Å². The van der Waals surface area contributed by atoms with Gasteiger partial charge in [-0.15, -0.1) is 11.3 Å². The van der Waals surface area contributed by atoms with E-state index < -0.39 is 5.60 Å². The van der Waals surface area contributed by atoms with E-state index in [1.165, 1.54) is 23.3 Å². The Morgan fingerprint density at radius 3 is 2.45 bits per heavy atom. The average molecular weight is 438 g/mol. The zero-order chi connectivity index (χ0) is 21.3. The highest BCUT2D eigenvalue weighted by Crippen LogP contribution is 2.34. The number of aromatic nitrogens is 1. The molecule has 0 bridgehead atoms. The molecule has 1 fully saturated rings. The smallest absolute Gasteiger partial charge is 0.123 e. The van der Waals surface area contributed by atoms with E-state index in [9.17, 15) is 9.50 Å². The Labute approximate surface area is 187 Å². The second kappa shape index (κ2) is 8.79. The lowest BCUT2D eigenvalue weighted by atomic mass is 9.88. The van der Waals surface area contributed by atoms with E-state index in [4.69, 9.17) is 4.98 Å². The minimum atomic E-state index is -0.845. The van der Waals surface area contributed by atoms with Crippen LogP contribution in [0.2, 0.25) is 0 Å². The normalized spacial score (nSPS) is 19.3. The molecule has 0 atom stereocenters. The number of aliphatic hydroxyl groups is 1. The third-order valence-corrected chi connectivity index (χ3v) is 7.43. The van der Waals surface area contributed by atoms with E-state index in [0.717, 1.165) is 62.0 Å². The summed E-state index contributed by atoms with van der Waals surface area (Å²) in [6, 6.07) is 15.4. The second-order valence-corrected chi connectivity index (χ2v) is 9.73. The van der Waals surface area contributed by atoms with Gasteiger partial charge < -0.3 is 5.11 Å².